The number of nitrogens with zero attached hydrogens (tertiary/aromatic N) is 2. The van der Waals surface area contributed by atoms with Gasteiger partial charge in [0.15, 0.2) is 0 Å². The van der Waals surface area contributed by atoms with Crippen LogP contribution in [0.25, 0.3) is 11.0 Å². The number of H-pyrrole nitrogens is 1. The second kappa shape index (κ2) is 6.65. The normalized spacial score (nSPS) is 16.5. The molecule has 0 atom stereocenters. The fraction of sp³-hybridized carbons (Fsp3) is 0.350. The molecule has 3 aromatic rings. The van der Waals surface area contributed by atoms with Crippen LogP contribution in [0.5, 0.6) is 5.75 Å². The molecule has 1 saturated heterocycles. The molecule has 1 aliphatic heterocycles. The summed E-state index contributed by atoms with van der Waals surface area (Å²) in [5.41, 5.74) is 3.81. The fourth-order valence-corrected chi connectivity index (χ4v) is 3.73. The minimum Gasteiger partial charge on any atom is -0.497 e. The summed E-state index contributed by atoms with van der Waals surface area (Å²) in [5, 5.41) is 1.28. The highest BCUT2D eigenvalue weighted by molar-refractivity contribution is 5.79. The lowest BCUT2D eigenvalue weighted by molar-refractivity contribution is 0.205. The quantitative estimate of drug-likeness (QED) is 0.791. The number of aromatic nitrogens is 2. The Morgan fingerprint density at radius 1 is 1.12 bits per heavy atom. The van der Waals surface area contributed by atoms with Gasteiger partial charge in [-0.25, -0.2) is 4.98 Å². The number of fused-ring (bicyclic) bond motifs is 1. The van der Waals surface area contributed by atoms with Crippen molar-refractivity contribution in [3.63, 3.8) is 0 Å². The summed E-state index contributed by atoms with van der Waals surface area (Å²) in [6.07, 6.45) is 6.33. The maximum atomic E-state index is 5.23. The van der Waals surface area contributed by atoms with Crippen molar-refractivity contribution in [2.24, 2.45) is 0 Å². The Labute approximate surface area is 142 Å². The van der Waals surface area contributed by atoms with E-state index in [0.29, 0.717) is 5.92 Å². The third kappa shape index (κ3) is 3.02. The van der Waals surface area contributed by atoms with Crippen molar-refractivity contribution < 1.29 is 4.74 Å². The zero-order valence-electron chi connectivity index (χ0n) is 14.0. The Hall–Kier alpha value is -2.33. The van der Waals surface area contributed by atoms with E-state index in [2.05, 4.69) is 39.1 Å². The number of methoxy groups -OCH3 is 1. The highest BCUT2D eigenvalue weighted by atomic mass is 16.5. The molecule has 1 N–H and O–H groups in total. The number of benzene rings is 1. The number of ether oxygens (including phenoxy) is 1. The highest BCUT2D eigenvalue weighted by Crippen LogP contribution is 2.32. The zero-order valence-corrected chi connectivity index (χ0v) is 14.0. The number of likely N-dealkylation sites (tertiary alicyclic amines) is 1. The average molecular weight is 321 g/mol. The van der Waals surface area contributed by atoms with Gasteiger partial charge in [0.2, 0.25) is 0 Å². The molecule has 124 valence electrons. The van der Waals surface area contributed by atoms with Gasteiger partial charge in [-0.15, -0.1) is 0 Å². The Balaban J connectivity index is 1.40. The second-order valence-corrected chi connectivity index (χ2v) is 6.54. The van der Waals surface area contributed by atoms with E-state index in [4.69, 9.17) is 4.74 Å². The fourth-order valence-electron chi connectivity index (χ4n) is 3.73. The molecule has 3 heterocycles. The van der Waals surface area contributed by atoms with E-state index in [0.717, 1.165) is 31.0 Å². The molecule has 0 aliphatic carbocycles. The molecule has 1 aromatic carbocycles. The molecule has 1 fully saturated rings. The SMILES string of the molecule is COc1ccc(CN2CCC(c3ccnc4[nH]ccc34)CC2)cc1. The number of rotatable bonds is 4. The van der Waals surface area contributed by atoms with Crippen LogP contribution in [0.1, 0.15) is 29.9 Å². The van der Waals surface area contributed by atoms with Crippen LogP contribution < -0.4 is 4.74 Å². The van der Waals surface area contributed by atoms with E-state index in [1.165, 1.54) is 29.4 Å². The third-order valence-electron chi connectivity index (χ3n) is 5.09. The van der Waals surface area contributed by atoms with E-state index >= 15 is 0 Å². The lowest BCUT2D eigenvalue weighted by Crippen LogP contribution is -2.32. The molecule has 0 unspecified atom stereocenters. The van der Waals surface area contributed by atoms with Crippen LogP contribution in [-0.2, 0) is 6.54 Å². The monoisotopic (exact) mass is 321 g/mol. The van der Waals surface area contributed by atoms with E-state index in [1.807, 2.05) is 24.5 Å². The van der Waals surface area contributed by atoms with Crippen LogP contribution >= 0.6 is 0 Å². The molecular formula is C20H23N3O. The molecule has 4 rings (SSSR count). The van der Waals surface area contributed by atoms with Crippen LogP contribution in [0.15, 0.2) is 48.8 Å². The van der Waals surface area contributed by atoms with Crippen LogP contribution in [0.3, 0.4) is 0 Å². The lowest BCUT2D eigenvalue weighted by Gasteiger charge is -2.32. The molecular weight excluding hydrogens is 298 g/mol. The smallest absolute Gasteiger partial charge is 0.137 e. The van der Waals surface area contributed by atoms with Crippen molar-refractivity contribution >= 4 is 11.0 Å². The number of aromatic amines is 1. The molecule has 4 nitrogen and oxygen atoms in total. The van der Waals surface area contributed by atoms with Gasteiger partial charge < -0.3 is 9.72 Å². The Morgan fingerprint density at radius 2 is 1.92 bits per heavy atom. The summed E-state index contributed by atoms with van der Waals surface area (Å²) in [6.45, 7) is 3.31. The predicted octanol–water partition coefficient (Wildman–Crippen LogP) is 3.95. The average Bonchev–Trinajstić information content (AvgIpc) is 3.12. The van der Waals surface area contributed by atoms with Crippen molar-refractivity contribution in [1.29, 1.82) is 0 Å². The number of pyridine rings is 1. The van der Waals surface area contributed by atoms with Gasteiger partial charge in [0.05, 0.1) is 7.11 Å². The standard InChI is InChI=1S/C20H23N3O/c1-24-17-4-2-15(3-5-17)14-23-12-8-16(9-13-23)18-6-10-21-20-19(18)7-11-22-20/h2-7,10-11,16H,8-9,12-14H2,1H3,(H,21,22). The Morgan fingerprint density at radius 3 is 2.67 bits per heavy atom. The van der Waals surface area contributed by atoms with Crippen molar-refractivity contribution in [2.75, 3.05) is 20.2 Å². The first-order chi connectivity index (χ1) is 11.8. The van der Waals surface area contributed by atoms with Crippen molar-refractivity contribution in [2.45, 2.75) is 25.3 Å². The zero-order chi connectivity index (χ0) is 16.4. The number of hydrogen-bond donors (Lipinski definition) is 1. The molecule has 0 radical (unpaired) electrons. The molecule has 4 heteroatoms. The summed E-state index contributed by atoms with van der Waals surface area (Å²) >= 11 is 0. The number of piperidine rings is 1. The largest absolute Gasteiger partial charge is 0.497 e. The van der Waals surface area contributed by atoms with Crippen LogP contribution in [0, 0.1) is 0 Å². The lowest BCUT2D eigenvalue weighted by atomic mass is 9.88. The highest BCUT2D eigenvalue weighted by Gasteiger charge is 2.22. The molecule has 0 amide bonds. The topological polar surface area (TPSA) is 41.1 Å². The molecule has 0 bridgehead atoms. The van der Waals surface area contributed by atoms with E-state index in [9.17, 15) is 0 Å². The second-order valence-electron chi connectivity index (χ2n) is 6.54. The van der Waals surface area contributed by atoms with Gasteiger partial charge in [0.1, 0.15) is 11.4 Å². The van der Waals surface area contributed by atoms with E-state index in [-0.39, 0.29) is 0 Å². The number of hydrogen-bond acceptors (Lipinski definition) is 3. The van der Waals surface area contributed by atoms with Gasteiger partial charge in [-0.3, -0.25) is 4.90 Å². The Bertz CT molecular complexity index is 801. The summed E-state index contributed by atoms with van der Waals surface area (Å²) in [7, 11) is 1.71. The maximum absolute atomic E-state index is 5.23. The molecule has 1 aliphatic rings. The van der Waals surface area contributed by atoms with Gasteiger partial charge >= 0.3 is 0 Å². The summed E-state index contributed by atoms with van der Waals surface area (Å²) in [5.74, 6) is 1.56. The first kappa shape index (κ1) is 15.2. The van der Waals surface area contributed by atoms with Crippen molar-refractivity contribution in [3.8, 4) is 5.75 Å². The van der Waals surface area contributed by atoms with Gasteiger partial charge in [0, 0.05) is 24.3 Å². The summed E-state index contributed by atoms with van der Waals surface area (Å²) in [6, 6.07) is 12.8. The van der Waals surface area contributed by atoms with Crippen molar-refractivity contribution in [1.82, 2.24) is 14.9 Å². The Kier molecular flexibility index (Phi) is 4.22. The molecule has 2 aromatic heterocycles. The summed E-state index contributed by atoms with van der Waals surface area (Å²) < 4.78 is 5.23. The summed E-state index contributed by atoms with van der Waals surface area (Å²) in [4.78, 5) is 10.2. The van der Waals surface area contributed by atoms with E-state index in [1.54, 1.807) is 7.11 Å². The molecule has 0 saturated carbocycles. The maximum Gasteiger partial charge on any atom is 0.137 e. The first-order valence-electron chi connectivity index (χ1n) is 8.61. The van der Waals surface area contributed by atoms with Crippen LogP contribution in [-0.4, -0.2) is 35.1 Å². The molecule has 0 spiro atoms. The minimum atomic E-state index is 0.637. The van der Waals surface area contributed by atoms with Crippen molar-refractivity contribution in [3.05, 3.63) is 59.9 Å². The van der Waals surface area contributed by atoms with Crippen LogP contribution in [0.2, 0.25) is 0 Å². The van der Waals surface area contributed by atoms with Gasteiger partial charge in [-0.2, -0.15) is 0 Å². The van der Waals surface area contributed by atoms with E-state index < -0.39 is 0 Å². The van der Waals surface area contributed by atoms with Gasteiger partial charge in [0.25, 0.3) is 0 Å². The van der Waals surface area contributed by atoms with Crippen LogP contribution in [0.4, 0.5) is 0 Å². The minimum absolute atomic E-state index is 0.637. The predicted molar refractivity (Wildman–Crippen MR) is 96.3 cm³/mol. The van der Waals surface area contributed by atoms with Gasteiger partial charge in [-0.05, 0) is 67.2 Å². The third-order valence-corrected chi connectivity index (χ3v) is 5.09. The number of nitrogens with one attached hydrogen (secondary N) is 1. The van der Waals surface area contributed by atoms with Gasteiger partial charge in [-0.1, -0.05) is 12.1 Å². The first-order valence-corrected chi connectivity index (χ1v) is 8.61. The molecule has 24 heavy (non-hydrogen) atoms.